The van der Waals surface area contributed by atoms with Gasteiger partial charge in [0.25, 0.3) is 0 Å². The van der Waals surface area contributed by atoms with Crippen molar-refractivity contribution in [2.45, 2.75) is 6.92 Å². The van der Waals surface area contributed by atoms with E-state index in [1.807, 2.05) is 0 Å². The van der Waals surface area contributed by atoms with E-state index in [1.54, 1.807) is 36.4 Å². The van der Waals surface area contributed by atoms with Crippen LogP contribution in [0, 0.1) is 0 Å². The molecule has 2 rings (SSSR count). The monoisotopic (exact) mass is 462 g/mol. The lowest BCUT2D eigenvalue weighted by Gasteiger charge is -2.09. The summed E-state index contributed by atoms with van der Waals surface area (Å²) in [6.07, 6.45) is 0. The first kappa shape index (κ1) is 17.8. The zero-order valence-electron chi connectivity index (χ0n) is 11.8. The van der Waals surface area contributed by atoms with Gasteiger partial charge in [-0.1, -0.05) is 0 Å². The summed E-state index contributed by atoms with van der Waals surface area (Å²) in [5.74, 6) is 0.255. The van der Waals surface area contributed by atoms with Gasteiger partial charge in [-0.05, 0) is 68.3 Å². The van der Waals surface area contributed by atoms with Crippen molar-refractivity contribution in [3.05, 3.63) is 45.3 Å². The lowest BCUT2D eigenvalue weighted by molar-refractivity contribution is -0.114. The fourth-order valence-corrected chi connectivity index (χ4v) is 3.45. The number of anilines is 2. The molecule has 2 aromatic rings. The Morgan fingerprint density at radius 2 is 1.70 bits per heavy atom. The number of phenols is 1. The number of amides is 1. The van der Waals surface area contributed by atoms with Crippen LogP contribution in [0.4, 0.5) is 11.4 Å². The van der Waals surface area contributed by atoms with Crippen LogP contribution in [0.15, 0.2) is 45.3 Å². The average molecular weight is 464 g/mol. The van der Waals surface area contributed by atoms with Gasteiger partial charge in [0.2, 0.25) is 5.91 Å². The highest BCUT2D eigenvalue weighted by Crippen LogP contribution is 2.35. The van der Waals surface area contributed by atoms with Crippen molar-refractivity contribution in [2.75, 3.05) is 10.0 Å². The zero-order chi connectivity index (χ0) is 17.0. The second-order valence-electron chi connectivity index (χ2n) is 4.41. The summed E-state index contributed by atoms with van der Waals surface area (Å²) in [6, 6.07) is 9.60. The Morgan fingerprint density at radius 3 is 2.22 bits per heavy atom. The molecule has 0 radical (unpaired) electrons. The van der Waals surface area contributed by atoms with Gasteiger partial charge in [-0.2, -0.15) is 4.21 Å². The van der Waals surface area contributed by atoms with Crippen LogP contribution in [-0.2, 0) is 16.1 Å². The largest absolute Gasteiger partial charge is 0.506 e. The molecular formula is C14H12Br2N2O4S. The molecule has 0 bridgehead atoms. The molecule has 6 nitrogen and oxygen atoms in total. The minimum absolute atomic E-state index is 0.0517. The number of rotatable bonds is 5. The third-order valence-corrected chi connectivity index (χ3v) is 4.52. The van der Waals surface area contributed by atoms with Gasteiger partial charge in [0.15, 0.2) is 0 Å². The predicted octanol–water partition coefficient (Wildman–Crippen LogP) is 3.95. The first-order valence-electron chi connectivity index (χ1n) is 6.27. The molecule has 3 N–H and O–H groups in total. The van der Waals surface area contributed by atoms with Crippen molar-refractivity contribution in [1.82, 2.24) is 0 Å². The van der Waals surface area contributed by atoms with E-state index < -0.39 is 11.3 Å². The summed E-state index contributed by atoms with van der Waals surface area (Å²) < 4.78 is 20.8. The van der Waals surface area contributed by atoms with E-state index in [0.717, 1.165) is 0 Å². The van der Waals surface area contributed by atoms with Gasteiger partial charge in [0.05, 0.1) is 14.6 Å². The molecule has 23 heavy (non-hydrogen) atoms. The van der Waals surface area contributed by atoms with E-state index in [9.17, 15) is 14.1 Å². The highest BCUT2D eigenvalue weighted by Gasteiger charge is 2.09. The lowest BCUT2D eigenvalue weighted by atomic mass is 10.3. The quantitative estimate of drug-likeness (QED) is 0.586. The minimum atomic E-state index is -1.82. The van der Waals surface area contributed by atoms with Crippen molar-refractivity contribution in [1.29, 1.82) is 0 Å². The maximum atomic E-state index is 12.0. The minimum Gasteiger partial charge on any atom is -0.506 e. The molecule has 0 spiro atoms. The van der Waals surface area contributed by atoms with Gasteiger partial charge in [-0.15, -0.1) is 0 Å². The molecule has 0 saturated heterocycles. The Bertz CT molecular complexity index is 730. The van der Waals surface area contributed by atoms with Crippen LogP contribution in [0.3, 0.4) is 0 Å². The van der Waals surface area contributed by atoms with Crippen LogP contribution in [-0.4, -0.2) is 15.2 Å². The van der Waals surface area contributed by atoms with Crippen molar-refractivity contribution in [2.24, 2.45) is 0 Å². The molecule has 0 heterocycles. The van der Waals surface area contributed by atoms with E-state index in [-0.39, 0.29) is 11.7 Å². The summed E-state index contributed by atoms with van der Waals surface area (Å²) in [4.78, 5) is 10.9. The Kier molecular flexibility index (Phi) is 6.03. The number of aromatic hydroxyl groups is 1. The smallest absolute Gasteiger partial charge is 0.316 e. The molecule has 122 valence electrons. The van der Waals surface area contributed by atoms with Gasteiger partial charge >= 0.3 is 11.3 Å². The first-order chi connectivity index (χ1) is 10.8. The van der Waals surface area contributed by atoms with Crippen LogP contribution >= 0.6 is 31.9 Å². The van der Waals surface area contributed by atoms with Crippen LogP contribution in [0.5, 0.6) is 11.5 Å². The summed E-state index contributed by atoms with van der Waals surface area (Å²) in [5.41, 5.74) is 1.12. The predicted molar refractivity (Wildman–Crippen MR) is 96.6 cm³/mol. The van der Waals surface area contributed by atoms with E-state index in [1.165, 1.54) is 6.92 Å². The molecule has 1 atom stereocenters. The maximum absolute atomic E-state index is 12.0. The van der Waals surface area contributed by atoms with Gasteiger partial charge in [0, 0.05) is 12.6 Å². The SMILES string of the molecule is CC(=O)Nc1ccc(OS(=O)Nc2cc(Br)c(O)c(Br)c2)cc1. The number of benzene rings is 2. The number of carbonyl (C=O) groups is 1. The van der Waals surface area contributed by atoms with E-state index in [0.29, 0.717) is 26.1 Å². The van der Waals surface area contributed by atoms with Gasteiger partial charge in [-0.3, -0.25) is 9.52 Å². The molecule has 0 fully saturated rings. The summed E-state index contributed by atoms with van der Waals surface area (Å²) in [7, 11) is 0. The van der Waals surface area contributed by atoms with Crippen LogP contribution in [0.1, 0.15) is 6.92 Å². The maximum Gasteiger partial charge on any atom is 0.316 e. The molecule has 0 aliphatic heterocycles. The van der Waals surface area contributed by atoms with Crippen LogP contribution in [0.2, 0.25) is 0 Å². The molecule has 0 aliphatic carbocycles. The van der Waals surface area contributed by atoms with E-state index >= 15 is 0 Å². The Morgan fingerprint density at radius 1 is 1.13 bits per heavy atom. The highest BCUT2D eigenvalue weighted by molar-refractivity contribution is 9.11. The Hall–Kier alpha value is -1.58. The second-order valence-corrected chi connectivity index (χ2v) is 6.96. The fourth-order valence-electron chi connectivity index (χ4n) is 1.63. The molecular weight excluding hydrogens is 452 g/mol. The van der Waals surface area contributed by atoms with Crippen molar-refractivity contribution >= 4 is 60.4 Å². The van der Waals surface area contributed by atoms with Gasteiger partial charge in [0.1, 0.15) is 11.5 Å². The molecule has 2 aromatic carbocycles. The Balaban J connectivity index is 2.01. The topological polar surface area (TPSA) is 87.7 Å². The first-order valence-corrected chi connectivity index (χ1v) is 8.93. The number of phenolic OH excluding ortho intramolecular Hbond substituents is 1. The number of halogens is 2. The standard InChI is InChI=1S/C14H12Br2N2O4S/c1-8(19)17-9-2-4-11(5-3-9)22-23(21)18-10-6-12(15)14(20)13(16)7-10/h2-7,18,20H,1H3,(H,17,19). The van der Waals surface area contributed by atoms with Crippen molar-refractivity contribution in [3.63, 3.8) is 0 Å². The summed E-state index contributed by atoms with van der Waals surface area (Å²) in [6.45, 7) is 1.41. The van der Waals surface area contributed by atoms with Crippen LogP contribution < -0.4 is 14.2 Å². The number of hydrogen-bond donors (Lipinski definition) is 3. The van der Waals surface area contributed by atoms with Crippen LogP contribution in [0.25, 0.3) is 0 Å². The average Bonchev–Trinajstić information content (AvgIpc) is 2.46. The second kappa shape index (κ2) is 7.80. The number of nitrogens with one attached hydrogen (secondary N) is 2. The molecule has 0 saturated carbocycles. The van der Waals surface area contributed by atoms with Crippen molar-refractivity contribution in [3.8, 4) is 11.5 Å². The normalized spacial score (nSPS) is 11.6. The number of carbonyl (C=O) groups excluding carboxylic acids is 1. The molecule has 1 unspecified atom stereocenters. The van der Waals surface area contributed by atoms with E-state index in [2.05, 4.69) is 41.9 Å². The third-order valence-electron chi connectivity index (χ3n) is 2.56. The third kappa shape index (κ3) is 5.22. The van der Waals surface area contributed by atoms with Gasteiger partial charge in [-0.25, -0.2) is 0 Å². The summed E-state index contributed by atoms with van der Waals surface area (Å²) in [5, 5.41) is 12.3. The summed E-state index contributed by atoms with van der Waals surface area (Å²) >= 11 is 4.55. The Labute approximate surface area is 152 Å². The fraction of sp³-hybridized carbons (Fsp3) is 0.0714. The molecule has 0 aromatic heterocycles. The highest BCUT2D eigenvalue weighted by atomic mass is 79.9. The van der Waals surface area contributed by atoms with Crippen molar-refractivity contribution < 1.29 is 18.3 Å². The van der Waals surface area contributed by atoms with Gasteiger partial charge < -0.3 is 14.6 Å². The number of hydrogen-bond acceptors (Lipinski definition) is 4. The molecule has 0 aliphatic rings. The van der Waals surface area contributed by atoms with E-state index in [4.69, 9.17) is 4.18 Å². The lowest BCUT2D eigenvalue weighted by Crippen LogP contribution is -2.11. The molecule has 9 heteroatoms. The zero-order valence-corrected chi connectivity index (χ0v) is 15.8. The molecule has 1 amide bonds.